The van der Waals surface area contributed by atoms with Gasteiger partial charge in [0.2, 0.25) is 0 Å². The standard InChI is InChI=1S/C22H28N2O2/c1-26-17-7-8-18-19-10-12-24-11-9-16(25)14-22(24,15-5-3-2-4-6-15)21(19)23-20(18)13-17/h7-8,13,15,23H,2-6,9-12,14H2,1H3. The van der Waals surface area contributed by atoms with Gasteiger partial charge in [0.05, 0.1) is 12.6 Å². The fraction of sp³-hybridized carbons (Fsp3) is 0.591. The molecule has 2 aromatic rings. The molecule has 3 heterocycles. The number of nitrogens with zero attached hydrogens (tertiary/aromatic N) is 1. The molecule has 0 radical (unpaired) electrons. The SMILES string of the molecule is COc1ccc2c3c([nH]c2c1)C1(C2CCCCC2)CC(=O)CCN1CC3. The Morgan fingerprint density at radius 3 is 2.77 bits per heavy atom. The molecule has 4 nitrogen and oxygen atoms in total. The summed E-state index contributed by atoms with van der Waals surface area (Å²) in [5.74, 6) is 1.92. The van der Waals surface area contributed by atoms with Gasteiger partial charge in [-0.05, 0) is 42.9 Å². The van der Waals surface area contributed by atoms with Crippen molar-refractivity contribution in [2.75, 3.05) is 20.2 Å². The summed E-state index contributed by atoms with van der Waals surface area (Å²) in [6.45, 7) is 2.00. The Kier molecular flexibility index (Phi) is 3.85. The quantitative estimate of drug-likeness (QED) is 0.882. The van der Waals surface area contributed by atoms with Crippen molar-refractivity contribution < 1.29 is 9.53 Å². The number of methoxy groups -OCH3 is 1. The molecule has 0 amide bonds. The van der Waals surface area contributed by atoms with Crippen molar-refractivity contribution in [1.29, 1.82) is 0 Å². The van der Waals surface area contributed by atoms with Crippen LogP contribution in [-0.4, -0.2) is 35.9 Å². The summed E-state index contributed by atoms with van der Waals surface area (Å²) in [7, 11) is 1.72. The lowest BCUT2D eigenvalue weighted by molar-refractivity contribution is -0.132. The summed E-state index contributed by atoms with van der Waals surface area (Å²) < 4.78 is 5.43. The van der Waals surface area contributed by atoms with Crippen molar-refractivity contribution in [2.45, 2.75) is 56.9 Å². The normalized spacial score (nSPS) is 27.3. The molecule has 0 bridgehead atoms. The molecule has 1 aromatic heterocycles. The Balaban J connectivity index is 1.71. The molecule has 1 unspecified atom stereocenters. The summed E-state index contributed by atoms with van der Waals surface area (Å²) in [6, 6.07) is 6.36. The highest BCUT2D eigenvalue weighted by atomic mass is 16.5. The fourth-order valence-corrected chi connectivity index (χ4v) is 5.94. The predicted molar refractivity (Wildman–Crippen MR) is 103 cm³/mol. The third-order valence-electron chi connectivity index (χ3n) is 7.15. The zero-order valence-corrected chi connectivity index (χ0v) is 15.6. The van der Waals surface area contributed by atoms with E-state index in [0.29, 0.717) is 18.1 Å². The first-order valence-electron chi connectivity index (χ1n) is 10.2. The van der Waals surface area contributed by atoms with E-state index < -0.39 is 0 Å². The van der Waals surface area contributed by atoms with Crippen molar-refractivity contribution in [3.05, 3.63) is 29.5 Å². The van der Waals surface area contributed by atoms with Crippen LogP contribution in [0.4, 0.5) is 0 Å². The number of aromatic amines is 1. The van der Waals surface area contributed by atoms with Crippen LogP contribution < -0.4 is 4.74 Å². The van der Waals surface area contributed by atoms with Gasteiger partial charge in [0.1, 0.15) is 11.5 Å². The van der Waals surface area contributed by atoms with Gasteiger partial charge in [-0.3, -0.25) is 9.69 Å². The van der Waals surface area contributed by atoms with E-state index in [-0.39, 0.29) is 5.54 Å². The van der Waals surface area contributed by atoms with E-state index in [1.165, 1.54) is 48.7 Å². The summed E-state index contributed by atoms with van der Waals surface area (Å²) in [5, 5.41) is 1.31. The van der Waals surface area contributed by atoms with Crippen LogP contribution in [0.15, 0.2) is 18.2 Å². The number of fused-ring (bicyclic) bond motifs is 5. The van der Waals surface area contributed by atoms with Gasteiger partial charge in [-0.25, -0.2) is 0 Å². The highest BCUT2D eigenvalue weighted by molar-refractivity contribution is 5.88. The molecule has 2 aliphatic heterocycles. The first-order valence-corrected chi connectivity index (χ1v) is 10.2. The van der Waals surface area contributed by atoms with E-state index >= 15 is 0 Å². The highest BCUT2D eigenvalue weighted by Crippen LogP contribution is 2.52. The minimum Gasteiger partial charge on any atom is -0.497 e. The minimum atomic E-state index is -0.102. The van der Waals surface area contributed by atoms with Gasteiger partial charge in [0.15, 0.2) is 0 Å². The van der Waals surface area contributed by atoms with Gasteiger partial charge < -0.3 is 9.72 Å². The lowest BCUT2D eigenvalue weighted by Gasteiger charge is -2.54. The lowest BCUT2D eigenvalue weighted by atomic mass is 9.65. The van der Waals surface area contributed by atoms with Gasteiger partial charge in [0.25, 0.3) is 0 Å². The van der Waals surface area contributed by atoms with E-state index in [9.17, 15) is 4.79 Å². The molecular formula is C22H28N2O2. The third-order valence-corrected chi connectivity index (χ3v) is 7.15. The largest absolute Gasteiger partial charge is 0.497 e. The summed E-state index contributed by atoms with van der Waals surface area (Å²) in [6.07, 6.45) is 8.94. The topological polar surface area (TPSA) is 45.3 Å². The molecule has 1 saturated carbocycles. The van der Waals surface area contributed by atoms with Gasteiger partial charge >= 0.3 is 0 Å². The Labute approximate surface area is 154 Å². The monoisotopic (exact) mass is 352 g/mol. The number of aromatic nitrogens is 1. The van der Waals surface area contributed by atoms with Crippen LogP contribution in [0, 0.1) is 5.92 Å². The number of ether oxygens (including phenoxy) is 1. The minimum absolute atomic E-state index is 0.102. The maximum atomic E-state index is 12.6. The summed E-state index contributed by atoms with van der Waals surface area (Å²) >= 11 is 0. The van der Waals surface area contributed by atoms with Crippen LogP contribution in [0.1, 0.15) is 56.2 Å². The zero-order chi connectivity index (χ0) is 17.7. The van der Waals surface area contributed by atoms with E-state index in [0.717, 1.165) is 37.2 Å². The number of benzene rings is 1. The first-order chi connectivity index (χ1) is 12.7. The van der Waals surface area contributed by atoms with Crippen molar-refractivity contribution in [2.24, 2.45) is 5.92 Å². The Morgan fingerprint density at radius 1 is 1.15 bits per heavy atom. The molecular weight excluding hydrogens is 324 g/mol. The molecule has 1 atom stereocenters. The number of Topliss-reactive ketones (excluding diaryl/α,β-unsaturated/α-hetero) is 1. The molecule has 5 rings (SSSR count). The maximum Gasteiger partial charge on any atom is 0.136 e. The van der Waals surface area contributed by atoms with Crippen LogP contribution >= 0.6 is 0 Å². The highest BCUT2D eigenvalue weighted by Gasteiger charge is 2.52. The lowest BCUT2D eigenvalue weighted by Crippen LogP contribution is -2.59. The molecule has 4 heteroatoms. The van der Waals surface area contributed by atoms with Gasteiger partial charge in [0, 0.05) is 48.6 Å². The van der Waals surface area contributed by atoms with E-state index in [1.54, 1.807) is 7.11 Å². The molecule has 1 aliphatic carbocycles. The van der Waals surface area contributed by atoms with E-state index in [2.05, 4.69) is 28.1 Å². The molecule has 1 saturated heterocycles. The number of hydrogen-bond acceptors (Lipinski definition) is 3. The fourth-order valence-electron chi connectivity index (χ4n) is 5.94. The summed E-state index contributed by atoms with van der Waals surface area (Å²) in [4.78, 5) is 19.1. The Hall–Kier alpha value is -1.81. The average Bonchev–Trinajstić information content (AvgIpc) is 3.07. The van der Waals surface area contributed by atoms with Gasteiger partial charge in [-0.1, -0.05) is 19.3 Å². The molecule has 3 aliphatic rings. The predicted octanol–water partition coefficient (Wildman–Crippen LogP) is 4.17. The molecule has 1 aromatic carbocycles. The van der Waals surface area contributed by atoms with E-state index in [4.69, 9.17) is 4.74 Å². The van der Waals surface area contributed by atoms with Crippen molar-refractivity contribution in [3.63, 3.8) is 0 Å². The van der Waals surface area contributed by atoms with Gasteiger partial charge in [-0.2, -0.15) is 0 Å². The first kappa shape index (κ1) is 16.4. The second kappa shape index (κ2) is 6.12. The zero-order valence-electron chi connectivity index (χ0n) is 15.6. The van der Waals surface area contributed by atoms with Crippen LogP contribution in [0.25, 0.3) is 10.9 Å². The van der Waals surface area contributed by atoms with Crippen molar-refractivity contribution in [1.82, 2.24) is 9.88 Å². The number of rotatable bonds is 2. The number of ketones is 1. The second-order valence-corrected chi connectivity index (χ2v) is 8.35. The maximum absolute atomic E-state index is 12.6. The number of H-pyrrole nitrogens is 1. The van der Waals surface area contributed by atoms with Gasteiger partial charge in [-0.15, -0.1) is 0 Å². The smallest absolute Gasteiger partial charge is 0.136 e. The molecule has 1 N–H and O–H groups in total. The van der Waals surface area contributed by atoms with Crippen LogP contribution in [-0.2, 0) is 16.8 Å². The Morgan fingerprint density at radius 2 is 1.96 bits per heavy atom. The molecule has 26 heavy (non-hydrogen) atoms. The number of piperidine rings is 1. The third kappa shape index (κ3) is 2.27. The van der Waals surface area contributed by atoms with Crippen molar-refractivity contribution in [3.8, 4) is 5.75 Å². The number of carbonyl (C=O) groups excluding carboxylic acids is 1. The second-order valence-electron chi connectivity index (χ2n) is 8.35. The summed E-state index contributed by atoms with van der Waals surface area (Å²) in [5.41, 5.74) is 3.84. The number of hydrogen-bond donors (Lipinski definition) is 1. The van der Waals surface area contributed by atoms with E-state index in [1.807, 2.05) is 0 Å². The van der Waals surface area contributed by atoms with Crippen LogP contribution in [0.5, 0.6) is 5.75 Å². The molecule has 2 fully saturated rings. The number of nitrogens with one attached hydrogen (secondary N) is 1. The van der Waals surface area contributed by atoms with Crippen molar-refractivity contribution >= 4 is 16.7 Å². The molecule has 0 spiro atoms. The molecule has 138 valence electrons. The number of carbonyl (C=O) groups is 1. The average molecular weight is 352 g/mol. The Bertz CT molecular complexity index is 849. The van der Waals surface area contributed by atoms with Crippen LogP contribution in [0.2, 0.25) is 0 Å². The van der Waals surface area contributed by atoms with Crippen LogP contribution in [0.3, 0.4) is 0 Å².